The minimum absolute atomic E-state index is 0.0184. The lowest BCUT2D eigenvalue weighted by Crippen LogP contribution is -2.51. The maximum atomic E-state index is 13.0. The van der Waals surface area contributed by atoms with Crippen molar-refractivity contribution in [2.45, 2.75) is 50.6 Å². The summed E-state index contributed by atoms with van der Waals surface area (Å²) in [5.74, 6) is -2.15. The molecule has 2 rings (SSSR count). The molecule has 3 amide bonds. The van der Waals surface area contributed by atoms with E-state index in [1.165, 1.54) is 24.3 Å². The zero-order chi connectivity index (χ0) is 26.2. The Hall–Kier alpha value is -3.31. The van der Waals surface area contributed by atoms with Gasteiger partial charge in [-0.1, -0.05) is 17.7 Å². The van der Waals surface area contributed by atoms with Crippen molar-refractivity contribution >= 4 is 27.7 Å². The minimum atomic E-state index is -4.09. The van der Waals surface area contributed by atoms with Gasteiger partial charge in [-0.05, 0) is 64.1 Å². The second-order valence-corrected chi connectivity index (χ2v) is 10.8. The quantitative estimate of drug-likeness (QED) is 0.364. The van der Waals surface area contributed by atoms with Gasteiger partial charge in [-0.2, -0.15) is 4.72 Å². The van der Waals surface area contributed by atoms with Gasteiger partial charge in [-0.15, -0.1) is 0 Å². The van der Waals surface area contributed by atoms with Crippen LogP contribution in [0.4, 0.5) is 4.39 Å². The summed E-state index contributed by atoms with van der Waals surface area (Å²) in [6.45, 7) is 7.12. The van der Waals surface area contributed by atoms with Gasteiger partial charge in [-0.3, -0.25) is 14.4 Å². The molecule has 0 saturated heterocycles. The topological polar surface area (TPSA) is 133 Å². The van der Waals surface area contributed by atoms with Gasteiger partial charge in [-0.25, -0.2) is 12.8 Å². The molecule has 0 unspecified atom stereocenters. The summed E-state index contributed by atoms with van der Waals surface area (Å²) in [7, 11) is -4.09. The van der Waals surface area contributed by atoms with E-state index >= 15 is 0 Å². The number of halogens is 1. The second-order valence-electron chi connectivity index (χ2n) is 9.04. The summed E-state index contributed by atoms with van der Waals surface area (Å²) in [6, 6.07) is 9.66. The van der Waals surface area contributed by atoms with E-state index in [1.807, 2.05) is 6.92 Å². The average Bonchev–Trinajstić information content (AvgIpc) is 2.75. The SMILES string of the molecule is Cc1ccc(S(=O)(=O)N[C@@H](CC(=O)NC(C)(C)C)C(=O)NCCNC(=O)c2ccc(F)cc2)cc1. The third kappa shape index (κ3) is 9.45. The van der Waals surface area contributed by atoms with Crippen LogP contribution in [0.2, 0.25) is 0 Å². The van der Waals surface area contributed by atoms with Gasteiger partial charge in [0.2, 0.25) is 21.8 Å². The van der Waals surface area contributed by atoms with Crippen LogP contribution in [0.15, 0.2) is 53.4 Å². The number of benzene rings is 2. The summed E-state index contributed by atoms with van der Waals surface area (Å²) in [4.78, 5) is 37.3. The highest BCUT2D eigenvalue weighted by Crippen LogP contribution is 2.12. The highest BCUT2D eigenvalue weighted by atomic mass is 32.2. The van der Waals surface area contributed by atoms with Crippen molar-refractivity contribution in [3.05, 3.63) is 65.5 Å². The van der Waals surface area contributed by atoms with Gasteiger partial charge >= 0.3 is 0 Å². The number of rotatable bonds is 10. The molecule has 35 heavy (non-hydrogen) atoms. The van der Waals surface area contributed by atoms with Crippen molar-refractivity contribution in [2.24, 2.45) is 0 Å². The molecule has 0 saturated carbocycles. The van der Waals surface area contributed by atoms with Crippen LogP contribution in [-0.4, -0.2) is 50.8 Å². The minimum Gasteiger partial charge on any atom is -0.353 e. The van der Waals surface area contributed by atoms with Crippen LogP contribution < -0.4 is 20.7 Å². The van der Waals surface area contributed by atoms with Crippen LogP contribution in [0.1, 0.15) is 43.1 Å². The summed E-state index contributed by atoms with van der Waals surface area (Å²) in [6.07, 6.45) is -0.421. The molecule has 0 spiro atoms. The van der Waals surface area contributed by atoms with Crippen LogP contribution in [-0.2, 0) is 19.6 Å². The van der Waals surface area contributed by atoms with Crippen molar-refractivity contribution in [2.75, 3.05) is 13.1 Å². The largest absolute Gasteiger partial charge is 0.353 e. The normalized spacial score (nSPS) is 12.5. The van der Waals surface area contributed by atoms with Crippen molar-refractivity contribution in [1.82, 2.24) is 20.7 Å². The fourth-order valence-corrected chi connectivity index (χ4v) is 4.20. The van der Waals surface area contributed by atoms with Crippen molar-refractivity contribution < 1.29 is 27.2 Å². The number of hydrogen-bond acceptors (Lipinski definition) is 5. The van der Waals surface area contributed by atoms with Crippen LogP contribution in [0.25, 0.3) is 0 Å². The monoisotopic (exact) mass is 506 g/mol. The molecule has 1 atom stereocenters. The Morgan fingerprint density at radius 2 is 1.49 bits per heavy atom. The lowest BCUT2D eigenvalue weighted by molar-refractivity contribution is -0.128. The van der Waals surface area contributed by atoms with E-state index in [2.05, 4.69) is 20.7 Å². The van der Waals surface area contributed by atoms with Crippen LogP contribution >= 0.6 is 0 Å². The number of amides is 3. The molecular weight excluding hydrogens is 475 g/mol. The fourth-order valence-electron chi connectivity index (χ4n) is 3.00. The Labute approximate surface area is 204 Å². The Morgan fingerprint density at radius 3 is 2.06 bits per heavy atom. The Balaban J connectivity index is 2.03. The maximum Gasteiger partial charge on any atom is 0.251 e. The zero-order valence-electron chi connectivity index (χ0n) is 20.1. The van der Waals surface area contributed by atoms with E-state index in [9.17, 15) is 27.2 Å². The molecule has 0 aliphatic heterocycles. The molecule has 190 valence electrons. The van der Waals surface area contributed by atoms with E-state index in [0.29, 0.717) is 0 Å². The number of carbonyl (C=O) groups is 3. The molecule has 0 heterocycles. The van der Waals surface area contributed by atoms with E-state index in [1.54, 1.807) is 32.9 Å². The number of sulfonamides is 1. The summed E-state index contributed by atoms with van der Waals surface area (Å²) in [5.41, 5.74) is 0.546. The molecule has 0 fully saturated rings. The van der Waals surface area contributed by atoms with Crippen molar-refractivity contribution in [3.63, 3.8) is 0 Å². The van der Waals surface area contributed by atoms with Crippen molar-refractivity contribution in [3.8, 4) is 0 Å². The molecule has 2 aromatic carbocycles. The van der Waals surface area contributed by atoms with Crippen LogP contribution in [0, 0.1) is 12.7 Å². The molecule has 0 radical (unpaired) electrons. The van der Waals surface area contributed by atoms with E-state index in [4.69, 9.17) is 0 Å². The molecule has 4 N–H and O–H groups in total. The highest BCUT2D eigenvalue weighted by molar-refractivity contribution is 7.89. The number of aryl methyl sites for hydroxylation is 1. The smallest absolute Gasteiger partial charge is 0.251 e. The van der Waals surface area contributed by atoms with Gasteiger partial charge < -0.3 is 16.0 Å². The summed E-state index contributed by atoms with van der Waals surface area (Å²) < 4.78 is 40.9. The maximum absolute atomic E-state index is 13.0. The number of nitrogens with one attached hydrogen (secondary N) is 4. The van der Waals surface area contributed by atoms with Crippen molar-refractivity contribution in [1.29, 1.82) is 0 Å². The predicted octanol–water partition coefficient (Wildman–Crippen LogP) is 1.63. The van der Waals surface area contributed by atoms with Gasteiger partial charge in [0, 0.05) is 24.2 Å². The van der Waals surface area contributed by atoms with Crippen LogP contribution in [0.3, 0.4) is 0 Å². The van der Waals surface area contributed by atoms with Gasteiger partial charge in [0.25, 0.3) is 5.91 Å². The first kappa shape index (κ1) is 27.9. The summed E-state index contributed by atoms with van der Waals surface area (Å²) in [5, 5.41) is 7.80. The first-order valence-electron chi connectivity index (χ1n) is 11.0. The lowest BCUT2D eigenvalue weighted by Gasteiger charge is -2.23. The summed E-state index contributed by atoms with van der Waals surface area (Å²) >= 11 is 0. The lowest BCUT2D eigenvalue weighted by atomic mass is 10.1. The van der Waals surface area contributed by atoms with E-state index < -0.39 is 51.6 Å². The number of hydrogen-bond donors (Lipinski definition) is 4. The number of carbonyl (C=O) groups excluding carboxylic acids is 3. The second kappa shape index (κ2) is 11.9. The molecule has 0 aliphatic carbocycles. The molecule has 0 aliphatic rings. The molecule has 9 nitrogen and oxygen atoms in total. The van der Waals surface area contributed by atoms with E-state index in [-0.39, 0.29) is 23.5 Å². The standard InChI is InChI=1S/C24H31FN4O5S/c1-16-5-11-19(12-6-16)35(33,34)29-20(15-21(30)28-24(2,3)4)23(32)27-14-13-26-22(31)17-7-9-18(25)10-8-17/h5-12,20,29H,13-15H2,1-4H3,(H,26,31)(H,27,32)(H,28,30)/t20-/m0/s1. The van der Waals surface area contributed by atoms with Gasteiger partial charge in [0.15, 0.2) is 0 Å². The van der Waals surface area contributed by atoms with E-state index in [0.717, 1.165) is 17.7 Å². The first-order valence-corrected chi connectivity index (χ1v) is 12.5. The molecule has 0 aromatic heterocycles. The molecule has 0 bridgehead atoms. The zero-order valence-corrected chi connectivity index (χ0v) is 21.0. The first-order chi connectivity index (χ1) is 16.3. The highest BCUT2D eigenvalue weighted by Gasteiger charge is 2.29. The van der Waals surface area contributed by atoms with Crippen LogP contribution in [0.5, 0.6) is 0 Å². The predicted molar refractivity (Wildman–Crippen MR) is 130 cm³/mol. The molecule has 2 aromatic rings. The fraction of sp³-hybridized carbons (Fsp3) is 0.375. The van der Waals surface area contributed by atoms with Gasteiger partial charge in [0.05, 0.1) is 11.3 Å². The Kier molecular flexibility index (Phi) is 9.49. The third-order valence-electron chi connectivity index (χ3n) is 4.67. The Morgan fingerprint density at radius 1 is 0.914 bits per heavy atom. The van der Waals surface area contributed by atoms with Gasteiger partial charge in [0.1, 0.15) is 11.9 Å². The molecule has 11 heteroatoms. The third-order valence-corrected chi connectivity index (χ3v) is 6.15. The average molecular weight is 507 g/mol. The molecular formula is C24H31FN4O5S. The Bertz CT molecular complexity index is 1140.